The van der Waals surface area contributed by atoms with E-state index in [9.17, 15) is 9.59 Å². The molecule has 0 radical (unpaired) electrons. The molecule has 21 heavy (non-hydrogen) atoms. The van der Waals surface area contributed by atoms with Crippen LogP contribution in [0.2, 0.25) is 0 Å². The summed E-state index contributed by atoms with van der Waals surface area (Å²) in [5.74, 6) is -0.0923. The number of rotatable bonds is 8. The summed E-state index contributed by atoms with van der Waals surface area (Å²) >= 11 is 0. The highest BCUT2D eigenvalue weighted by molar-refractivity contribution is 5.92. The Bertz CT molecular complexity index is 446. The van der Waals surface area contributed by atoms with Crippen LogP contribution in [0.3, 0.4) is 0 Å². The van der Waals surface area contributed by atoms with Gasteiger partial charge in [0.05, 0.1) is 6.20 Å². The fourth-order valence-electron chi connectivity index (χ4n) is 2.12. The van der Waals surface area contributed by atoms with Crippen molar-refractivity contribution in [3.63, 3.8) is 0 Å². The molecule has 1 aromatic heterocycles. The summed E-state index contributed by atoms with van der Waals surface area (Å²) in [6.07, 6.45) is 5.67. The van der Waals surface area contributed by atoms with Gasteiger partial charge in [-0.15, -0.1) is 0 Å². The number of carbonyl (C=O) groups excluding carboxylic acids is 2. The van der Waals surface area contributed by atoms with Crippen molar-refractivity contribution in [1.29, 1.82) is 0 Å². The highest BCUT2D eigenvalue weighted by Gasteiger charge is 2.18. The Kier molecular flexibility index (Phi) is 7.36. The molecule has 0 bridgehead atoms. The first-order valence-electron chi connectivity index (χ1n) is 7.47. The van der Waals surface area contributed by atoms with E-state index >= 15 is 0 Å². The number of aromatic nitrogens is 2. The quantitative estimate of drug-likeness (QED) is 0.729. The lowest BCUT2D eigenvalue weighted by Crippen LogP contribution is -2.37. The van der Waals surface area contributed by atoms with Gasteiger partial charge in [-0.05, 0) is 20.3 Å². The maximum atomic E-state index is 12.4. The molecule has 1 heterocycles. The second-order valence-corrected chi connectivity index (χ2v) is 4.70. The van der Waals surface area contributed by atoms with Crippen LogP contribution in [0.25, 0.3) is 0 Å². The zero-order valence-corrected chi connectivity index (χ0v) is 13.1. The molecule has 1 rings (SSSR count). The van der Waals surface area contributed by atoms with Crippen molar-refractivity contribution in [2.75, 3.05) is 26.2 Å². The van der Waals surface area contributed by atoms with Crippen LogP contribution in [0.5, 0.6) is 0 Å². The molecule has 6 heteroatoms. The van der Waals surface area contributed by atoms with Crippen LogP contribution in [-0.2, 0) is 4.79 Å². The predicted molar refractivity (Wildman–Crippen MR) is 80.8 cm³/mol. The standard InChI is InChI=1S/C15H24N4O2/c1-4-10-19(11-7-14(20)18(5-2)6-3)15(21)13-12-16-8-9-17-13/h8-9,12H,4-7,10-11H2,1-3H3. The Morgan fingerprint density at radius 3 is 2.29 bits per heavy atom. The van der Waals surface area contributed by atoms with Gasteiger partial charge in [0.25, 0.3) is 5.91 Å². The summed E-state index contributed by atoms with van der Waals surface area (Å²) in [5.41, 5.74) is 0.321. The minimum atomic E-state index is -0.169. The maximum Gasteiger partial charge on any atom is 0.274 e. The molecular weight excluding hydrogens is 268 g/mol. The molecular formula is C15H24N4O2. The van der Waals surface area contributed by atoms with Crippen LogP contribution < -0.4 is 0 Å². The van der Waals surface area contributed by atoms with Crippen LogP contribution in [0.1, 0.15) is 44.1 Å². The molecule has 0 spiro atoms. The van der Waals surface area contributed by atoms with Crippen molar-refractivity contribution in [2.45, 2.75) is 33.6 Å². The topological polar surface area (TPSA) is 66.4 Å². The lowest BCUT2D eigenvalue weighted by Gasteiger charge is -2.24. The number of carbonyl (C=O) groups is 2. The summed E-state index contributed by atoms with van der Waals surface area (Å²) < 4.78 is 0. The van der Waals surface area contributed by atoms with Crippen molar-refractivity contribution >= 4 is 11.8 Å². The van der Waals surface area contributed by atoms with Crippen LogP contribution in [0.15, 0.2) is 18.6 Å². The molecule has 0 fully saturated rings. The second kappa shape index (κ2) is 9.05. The number of amides is 2. The predicted octanol–water partition coefficient (Wildman–Crippen LogP) is 1.59. The molecule has 0 aliphatic carbocycles. The SMILES string of the molecule is CCCN(CCC(=O)N(CC)CC)C(=O)c1cnccn1. The number of nitrogens with zero attached hydrogens (tertiary/aromatic N) is 4. The van der Waals surface area contributed by atoms with E-state index in [4.69, 9.17) is 0 Å². The fraction of sp³-hybridized carbons (Fsp3) is 0.600. The Hall–Kier alpha value is -1.98. The Labute approximate surface area is 126 Å². The van der Waals surface area contributed by atoms with Crippen LogP contribution in [-0.4, -0.2) is 57.8 Å². The summed E-state index contributed by atoms with van der Waals surface area (Å²) in [6.45, 7) is 8.33. The molecule has 1 aromatic rings. The molecule has 0 aliphatic heterocycles. The van der Waals surface area contributed by atoms with E-state index in [0.717, 1.165) is 6.42 Å². The highest BCUT2D eigenvalue weighted by Crippen LogP contribution is 2.04. The monoisotopic (exact) mass is 292 g/mol. The van der Waals surface area contributed by atoms with Crippen molar-refractivity contribution in [3.8, 4) is 0 Å². The first-order chi connectivity index (χ1) is 10.1. The van der Waals surface area contributed by atoms with E-state index in [1.807, 2.05) is 20.8 Å². The molecule has 116 valence electrons. The van der Waals surface area contributed by atoms with E-state index in [1.165, 1.54) is 18.6 Å². The fourth-order valence-corrected chi connectivity index (χ4v) is 2.12. The molecule has 0 unspecified atom stereocenters. The molecule has 0 aromatic carbocycles. The third-order valence-corrected chi connectivity index (χ3v) is 3.27. The van der Waals surface area contributed by atoms with Gasteiger partial charge in [-0.2, -0.15) is 0 Å². The van der Waals surface area contributed by atoms with Crippen LogP contribution >= 0.6 is 0 Å². The van der Waals surface area contributed by atoms with Crippen molar-refractivity contribution in [2.24, 2.45) is 0 Å². The Balaban J connectivity index is 2.66. The van der Waals surface area contributed by atoms with Gasteiger partial charge in [-0.3, -0.25) is 14.6 Å². The lowest BCUT2D eigenvalue weighted by molar-refractivity contribution is -0.131. The summed E-state index contributed by atoms with van der Waals surface area (Å²) in [6, 6.07) is 0. The highest BCUT2D eigenvalue weighted by atomic mass is 16.2. The van der Waals surface area contributed by atoms with Gasteiger partial charge in [-0.25, -0.2) is 4.98 Å². The normalized spacial score (nSPS) is 10.2. The largest absolute Gasteiger partial charge is 0.343 e. The van der Waals surface area contributed by atoms with Crippen molar-refractivity contribution < 1.29 is 9.59 Å². The first kappa shape index (κ1) is 17.1. The van der Waals surface area contributed by atoms with Gasteiger partial charge in [0.15, 0.2) is 0 Å². The molecule has 0 atom stereocenters. The summed E-state index contributed by atoms with van der Waals surface area (Å²) in [4.78, 5) is 35.8. The number of hydrogen-bond donors (Lipinski definition) is 0. The second-order valence-electron chi connectivity index (χ2n) is 4.70. The van der Waals surface area contributed by atoms with Crippen LogP contribution in [0, 0.1) is 0 Å². The molecule has 0 saturated carbocycles. The zero-order chi connectivity index (χ0) is 15.7. The van der Waals surface area contributed by atoms with Gasteiger partial charge >= 0.3 is 0 Å². The lowest BCUT2D eigenvalue weighted by atomic mass is 10.2. The van der Waals surface area contributed by atoms with Gasteiger partial charge in [-0.1, -0.05) is 6.92 Å². The average Bonchev–Trinajstić information content (AvgIpc) is 2.52. The summed E-state index contributed by atoms with van der Waals surface area (Å²) in [7, 11) is 0. The van der Waals surface area contributed by atoms with E-state index < -0.39 is 0 Å². The average molecular weight is 292 g/mol. The van der Waals surface area contributed by atoms with Gasteiger partial charge in [0, 0.05) is 45.0 Å². The molecule has 2 amide bonds. The number of hydrogen-bond acceptors (Lipinski definition) is 4. The first-order valence-corrected chi connectivity index (χ1v) is 7.47. The molecule has 6 nitrogen and oxygen atoms in total. The van der Waals surface area contributed by atoms with E-state index in [1.54, 1.807) is 9.80 Å². The zero-order valence-electron chi connectivity index (χ0n) is 13.1. The minimum Gasteiger partial charge on any atom is -0.343 e. The van der Waals surface area contributed by atoms with E-state index in [0.29, 0.717) is 38.3 Å². The third kappa shape index (κ3) is 5.13. The summed E-state index contributed by atoms with van der Waals surface area (Å²) in [5, 5.41) is 0. The maximum absolute atomic E-state index is 12.4. The van der Waals surface area contributed by atoms with Gasteiger partial charge in [0.1, 0.15) is 5.69 Å². The molecule has 0 N–H and O–H groups in total. The molecule has 0 saturated heterocycles. The minimum absolute atomic E-state index is 0.0769. The van der Waals surface area contributed by atoms with Gasteiger partial charge < -0.3 is 9.80 Å². The smallest absolute Gasteiger partial charge is 0.274 e. The van der Waals surface area contributed by atoms with E-state index in [2.05, 4.69) is 9.97 Å². The molecule has 0 aliphatic rings. The Morgan fingerprint density at radius 2 is 1.76 bits per heavy atom. The Morgan fingerprint density at radius 1 is 1.05 bits per heavy atom. The van der Waals surface area contributed by atoms with Crippen molar-refractivity contribution in [1.82, 2.24) is 19.8 Å². The van der Waals surface area contributed by atoms with E-state index in [-0.39, 0.29) is 11.8 Å². The van der Waals surface area contributed by atoms with Gasteiger partial charge in [0.2, 0.25) is 5.91 Å². The third-order valence-electron chi connectivity index (χ3n) is 3.27. The van der Waals surface area contributed by atoms with Crippen molar-refractivity contribution in [3.05, 3.63) is 24.3 Å². The van der Waals surface area contributed by atoms with Crippen LogP contribution in [0.4, 0.5) is 0 Å².